The molecule has 82 valence electrons. The Hall–Kier alpha value is -1.59. The minimum Gasteiger partial charge on any atom is -0.497 e. The van der Waals surface area contributed by atoms with Gasteiger partial charge in [0, 0.05) is 0 Å². The molecular weight excluding hydrogens is 200 g/mol. The SMILES string of the molecule is COc1ccc([C@H](O)[C@@H](O)C(=O)O)cc1. The fourth-order valence-corrected chi connectivity index (χ4v) is 1.12. The van der Waals surface area contributed by atoms with Crippen molar-refractivity contribution in [1.82, 2.24) is 0 Å². The lowest BCUT2D eigenvalue weighted by molar-refractivity contribution is -0.153. The molecule has 0 aliphatic carbocycles. The highest BCUT2D eigenvalue weighted by atomic mass is 16.5. The van der Waals surface area contributed by atoms with E-state index in [1.54, 1.807) is 12.1 Å². The second-order valence-corrected chi connectivity index (χ2v) is 3.00. The van der Waals surface area contributed by atoms with Crippen LogP contribution in [-0.2, 0) is 4.79 Å². The first-order valence-corrected chi connectivity index (χ1v) is 4.29. The topological polar surface area (TPSA) is 87.0 Å². The van der Waals surface area contributed by atoms with Crippen molar-refractivity contribution < 1.29 is 24.9 Å². The molecule has 0 aliphatic heterocycles. The summed E-state index contributed by atoms with van der Waals surface area (Å²) >= 11 is 0. The van der Waals surface area contributed by atoms with E-state index in [1.165, 1.54) is 19.2 Å². The lowest BCUT2D eigenvalue weighted by atomic mass is 10.0. The van der Waals surface area contributed by atoms with Gasteiger partial charge in [0.15, 0.2) is 6.10 Å². The normalized spacial score (nSPS) is 14.3. The summed E-state index contributed by atoms with van der Waals surface area (Å²) < 4.78 is 4.90. The molecule has 1 aromatic carbocycles. The van der Waals surface area contributed by atoms with Crippen molar-refractivity contribution in [3.63, 3.8) is 0 Å². The summed E-state index contributed by atoms with van der Waals surface area (Å²) in [5, 5.41) is 27.0. The highest BCUT2D eigenvalue weighted by Gasteiger charge is 2.24. The van der Waals surface area contributed by atoms with Crippen LogP contribution in [-0.4, -0.2) is 34.5 Å². The molecular formula is C10H12O5. The van der Waals surface area contributed by atoms with Crippen molar-refractivity contribution in [2.45, 2.75) is 12.2 Å². The molecule has 0 radical (unpaired) electrons. The van der Waals surface area contributed by atoms with Crippen LogP contribution in [0.4, 0.5) is 0 Å². The highest BCUT2D eigenvalue weighted by Crippen LogP contribution is 2.20. The zero-order valence-corrected chi connectivity index (χ0v) is 8.12. The van der Waals surface area contributed by atoms with E-state index in [0.29, 0.717) is 11.3 Å². The monoisotopic (exact) mass is 212 g/mol. The number of benzene rings is 1. The van der Waals surface area contributed by atoms with Crippen molar-refractivity contribution in [3.8, 4) is 5.75 Å². The maximum atomic E-state index is 10.4. The molecule has 0 fully saturated rings. The molecule has 0 heterocycles. The van der Waals surface area contributed by atoms with Gasteiger partial charge in [-0.15, -0.1) is 0 Å². The summed E-state index contributed by atoms with van der Waals surface area (Å²) in [6, 6.07) is 6.14. The van der Waals surface area contributed by atoms with Crippen LogP contribution in [0.1, 0.15) is 11.7 Å². The zero-order chi connectivity index (χ0) is 11.4. The molecule has 0 aromatic heterocycles. The standard InChI is InChI=1S/C10H12O5/c1-15-7-4-2-6(3-5-7)8(11)9(12)10(13)14/h2-5,8-9,11-12H,1H3,(H,13,14)/t8-,9+/m0/s1. The molecule has 0 aliphatic rings. The second-order valence-electron chi connectivity index (χ2n) is 3.00. The number of rotatable bonds is 4. The molecule has 0 saturated heterocycles. The van der Waals surface area contributed by atoms with Crippen molar-refractivity contribution in [2.75, 3.05) is 7.11 Å². The fourth-order valence-electron chi connectivity index (χ4n) is 1.12. The van der Waals surface area contributed by atoms with Gasteiger partial charge in [0.1, 0.15) is 11.9 Å². The molecule has 0 unspecified atom stereocenters. The van der Waals surface area contributed by atoms with Gasteiger partial charge < -0.3 is 20.1 Å². The fraction of sp³-hybridized carbons (Fsp3) is 0.300. The third-order valence-corrected chi connectivity index (χ3v) is 2.01. The van der Waals surface area contributed by atoms with Crippen molar-refractivity contribution in [1.29, 1.82) is 0 Å². The van der Waals surface area contributed by atoms with Crippen molar-refractivity contribution in [2.24, 2.45) is 0 Å². The van der Waals surface area contributed by atoms with Gasteiger partial charge in [0.25, 0.3) is 0 Å². The van der Waals surface area contributed by atoms with Crippen LogP contribution >= 0.6 is 0 Å². The van der Waals surface area contributed by atoms with Crippen LogP contribution in [0.3, 0.4) is 0 Å². The van der Waals surface area contributed by atoms with E-state index in [1.807, 2.05) is 0 Å². The molecule has 0 spiro atoms. The summed E-state index contributed by atoms with van der Waals surface area (Å²) in [5.41, 5.74) is 0.325. The van der Waals surface area contributed by atoms with Crippen LogP contribution in [0.5, 0.6) is 5.75 Å². The van der Waals surface area contributed by atoms with Crippen LogP contribution in [0, 0.1) is 0 Å². The van der Waals surface area contributed by atoms with Gasteiger partial charge >= 0.3 is 5.97 Å². The number of hydrogen-bond donors (Lipinski definition) is 3. The number of carbonyl (C=O) groups is 1. The first-order valence-electron chi connectivity index (χ1n) is 4.29. The number of aliphatic carboxylic acids is 1. The van der Waals surface area contributed by atoms with E-state index < -0.39 is 18.2 Å². The molecule has 0 amide bonds. The van der Waals surface area contributed by atoms with Gasteiger partial charge in [-0.25, -0.2) is 4.79 Å². The number of aliphatic hydroxyl groups excluding tert-OH is 2. The molecule has 0 saturated carbocycles. The first-order chi connectivity index (χ1) is 7.06. The number of carboxylic acids is 1. The third-order valence-electron chi connectivity index (χ3n) is 2.01. The summed E-state index contributed by atoms with van der Waals surface area (Å²) in [6.07, 6.45) is -3.26. The van der Waals surface area contributed by atoms with E-state index in [4.69, 9.17) is 14.9 Å². The average Bonchev–Trinajstić information content (AvgIpc) is 2.27. The Balaban J connectivity index is 2.82. The number of aliphatic hydroxyl groups is 2. The molecule has 15 heavy (non-hydrogen) atoms. The minimum atomic E-state index is -1.82. The largest absolute Gasteiger partial charge is 0.497 e. The number of methoxy groups -OCH3 is 1. The van der Waals surface area contributed by atoms with E-state index in [-0.39, 0.29) is 0 Å². The molecule has 5 nitrogen and oxygen atoms in total. The van der Waals surface area contributed by atoms with E-state index >= 15 is 0 Å². The summed E-state index contributed by atoms with van der Waals surface area (Å²) in [5.74, 6) is -0.867. The van der Waals surface area contributed by atoms with Gasteiger partial charge in [-0.1, -0.05) is 12.1 Å². The quantitative estimate of drug-likeness (QED) is 0.662. The molecule has 3 N–H and O–H groups in total. The Kier molecular flexibility index (Phi) is 3.65. The van der Waals surface area contributed by atoms with Crippen LogP contribution in [0.15, 0.2) is 24.3 Å². The number of hydrogen-bond acceptors (Lipinski definition) is 4. The van der Waals surface area contributed by atoms with Gasteiger partial charge in [-0.3, -0.25) is 0 Å². The lowest BCUT2D eigenvalue weighted by Gasteiger charge is -2.14. The van der Waals surface area contributed by atoms with Gasteiger partial charge in [0.05, 0.1) is 7.11 Å². The van der Waals surface area contributed by atoms with E-state index in [0.717, 1.165) is 0 Å². The van der Waals surface area contributed by atoms with E-state index in [2.05, 4.69) is 0 Å². The molecule has 5 heteroatoms. The Morgan fingerprint density at radius 1 is 1.27 bits per heavy atom. The van der Waals surface area contributed by atoms with Gasteiger partial charge in [0.2, 0.25) is 0 Å². The maximum absolute atomic E-state index is 10.4. The maximum Gasteiger partial charge on any atom is 0.335 e. The summed E-state index contributed by atoms with van der Waals surface area (Å²) in [4.78, 5) is 10.4. The molecule has 1 aromatic rings. The van der Waals surface area contributed by atoms with Gasteiger partial charge in [-0.2, -0.15) is 0 Å². The number of carboxylic acid groups (broad SMARTS) is 1. The smallest absolute Gasteiger partial charge is 0.335 e. The summed E-state index contributed by atoms with van der Waals surface area (Å²) in [7, 11) is 1.50. The average molecular weight is 212 g/mol. The second kappa shape index (κ2) is 4.77. The van der Waals surface area contributed by atoms with Crippen molar-refractivity contribution in [3.05, 3.63) is 29.8 Å². The minimum absolute atomic E-state index is 0.325. The Bertz CT molecular complexity index is 332. The zero-order valence-electron chi connectivity index (χ0n) is 8.12. The Labute approximate surface area is 86.5 Å². The van der Waals surface area contributed by atoms with Crippen LogP contribution < -0.4 is 4.74 Å². The van der Waals surface area contributed by atoms with Gasteiger partial charge in [-0.05, 0) is 17.7 Å². The third kappa shape index (κ3) is 2.68. The van der Waals surface area contributed by atoms with E-state index in [9.17, 15) is 9.90 Å². The lowest BCUT2D eigenvalue weighted by Crippen LogP contribution is -2.27. The van der Waals surface area contributed by atoms with Crippen molar-refractivity contribution >= 4 is 5.97 Å². The number of ether oxygens (including phenoxy) is 1. The molecule has 2 atom stereocenters. The summed E-state index contributed by atoms with van der Waals surface area (Å²) in [6.45, 7) is 0. The predicted molar refractivity (Wildman–Crippen MR) is 51.6 cm³/mol. The van der Waals surface area contributed by atoms with Crippen LogP contribution in [0.2, 0.25) is 0 Å². The highest BCUT2D eigenvalue weighted by molar-refractivity contribution is 5.73. The first kappa shape index (κ1) is 11.5. The predicted octanol–water partition coefficient (Wildman–Crippen LogP) is 0.174. The molecule has 1 rings (SSSR count). The Morgan fingerprint density at radius 3 is 2.20 bits per heavy atom. The molecule has 0 bridgehead atoms. The Morgan fingerprint density at radius 2 is 1.80 bits per heavy atom. The van der Waals surface area contributed by atoms with Crippen LogP contribution in [0.25, 0.3) is 0 Å².